The summed E-state index contributed by atoms with van der Waals surface area (Å²) >= 11 is 0. The molecule has 3 nitrogen and oxygen atoms in total. The first-order chi connectivity index (χ1) is 10.7. The first-order valence-corrected chi connectivity index (χ1v) is 7.87. The molecule has 0 aliphatic rings. The van der Waals surface area contributed by atoms with Gasteiger partial charge in [0, 0.05) is 12.6 Å². The zero-order chi connectivity index (χ0) is 15.8. The van der Waals surface area contributed by atoms with Crippen LogP contribution >= 0.6 is 0 Å². The van der Waals surface area contributed by atoms with E-state index in [0.29, 0.717) is 13.2 Å². The van der Waals surface area contributed by atoms with E-state index in [1.807, 2.05) is 30.3 Å². The van der Waals surface area contributed by atoms with Crippen LogP contribution in [0.1, 0.15) is 31.0 Å². The van der Waals surface area contributed by atoms with Gasteiger partial charge in [0.15, 0.2) is 0 Å². The summed E-state index contributed by atoms with van der Waals surface area (Å²) in [5.74, 6) is 0.798. The average Bonchev–Trinajstić information content (AvgIpc) is 2.59. The van der Waals surface area contributed by atoms with Crippen molar-refractivity contribution in [2.24, 2.45) is 0 Å². The van der Waals surface area contributed by atoms with Gasteiger partial charge in [-0.1, -0.05) is 49.4 Å². The molecule has 0 aromatic heterocycles. The van der Waals surface area contributed by atoms with Crippen LogP contribution in [-0.2, 0) is 6.42 Å². The Hall–Kier alpha value is -1.84. The molecule has 0 unspecified atom stereocenters. The van der Waals surface area contributed by atoms with Gasteiger partial charge in [0.05, 0.1) is 0 Å². The van der Waals surface area contributed by atoms with Gasteiger partial charge in [0.1, 0.15) is 18.5 Å². The molecule has 0 aliphatic heterocycles. The Morgan fingerprint density at radius 2 is 1.73 bits per heavy atom. The van der Waals surface area contributed by atoms with Crippen LogP contribution in [0.4, 0.5) is 0 Å². The summed E-state index contributed by atoms with van der Waals surface area (Å²) in [6.45, 7) is 5.01. The number of hydrogen-bond donors (Lipinski definition) is 2. The molecule has 2 rings (SSSR count). The van der Waals surface area contributed by atoms with Crippen molar-refractivity contribution in [3.05, 3.63) is 65.7 Å². The zero-order valence-corrected chi connectivity index (χ0v) is 13.3. The lowest BCUT2D eigenvalue weighted by Gasteiger charge is -2.18. The van der Waals surface area contributed by atoms with E-state index in [4.69, 9.17) is 4.74 Å². The summed E-state index contributed by atoms with van der Waals surface area (Å²) in [7, 11) is 0. The monoisotopic (exact) mass is 299 g/mol. The van der Waals surface area contributed by atoms with Crippen molar-refractivity contribution < 1.29 is 9.84 Å². The molecule has 0 bridgehead atoms. The second kappa shape index (κ2) is 8.57. The summed E-state index contributed by atoms with van der Waals surface area (Å²) in [6, 6.07) is 18.4. The molecule has 118 valence electrons. The summed E-state index contributed by atoms with van der Waals surface area (Å²) in [5.41, 5.74) is 2.50. The van der Waals surface area contributed by atoms with E-state index in [1.54, 1.807) is 0 Å². The molecule has 0 spiro atoms. The first-order valence-electron chi connectivity index (χ1n) is 7.87. The minimum Gasteiger partial charge on any atom is -0.491 e. The van der Waals surface area contributed by atoms with Gasteiger partial charge in [0.2, 0.25) is 0 Å². The van der Waals surface area contributed by atoms with E-state index < -0.39 is 6.10 Å². The molecule has 0 fully saturated rings. The molecule has 2 aromatic rings. The molecule has 0 amide bonds. The lowest BCUT2D eigenvalue weighted by Crippen LogP contribution is -2.33. The Morgan fingerprint density at radius 1 is 1.05 bits per heavy atom. The fourth-order valence-corrected chi connectivity index (χ4v) is 2.25. The maximum absolute atomic E-state index is 10.0. The number of nitrogens with one attached hydrogen (secondary N) is 1. The molecule has 0 saturated carbocycles. The second-order valence-electron chi connectivity index (χ2n) is 5.50. The molecular formula is C19H25NO2. The summed E-state index contributed by atoms with van der Waals surface area (Å²) in [5, 5.41) is 13.3. The molecule has 22 heavy (non-hydrogen) atoms. The van der Waals surface area contributed by atoms with Gasteiger partial charge in [-0.3, -0.25) is 0 Å². The Labute approximate surface area is 133 Å². The molecule has 2 atom stereocenters. The number of benzene rings is 2. The van der Waals surface area contributed by atoms with Gasteiger partial charge in [-0.25, -0.2) is 0 Å². The van der Waals surface area contributed by atoms with Crippen molar-refractivity contribution >= 4 is 0 Å². The Morgan fingerprint density at radius 3 is 2.36 bits per heavy atom. The van der Waals surface area contributed by atoms with Crippen molar-refractivity contribution in [3.8, 4) is 5.75 Å². The molecule has 2 N–H and O–H groups in total. The Balaban J connectivity index is 1.72. The van der Waals surface area contributed by atoms with Gasteiger partial charge in [-0.2, -0.15) is 0 Å². The molecule has 3 heteroatoms. The zero-order valence-electron chi connectivity index (χ0n) is 13.3. The van der Waals surface area contributed by atoms with Crippen LogP contribution < -0.4 is 10.1 Å². The summed E-state index contributed by atoms with van der Waals surface area (Å²) in [4.78, 5) is 0. The van der Waals surface area contributed by atoms with Crippen molar-refractivity contribution in [2.75, 3.05) is 13.2 Å². The van der Waals surface area contributed by atoms with Crippen LogP contribution in [0.15, 0.2) is 54.6 Å². The molecule has 0 aliphatic carbocycles. The highest BCUT2D eigenvalue weighted by Gasteiger charge is 2.09. The van der Waals surface area contributed by atoms with Crippen LogP contribution in [0, 0.1) is 0 Å². The van der Waals surface area contributed by atoms with Crippen molar-refractivity contribution in [1.82, 2.24) is 5.32 Å². The topological polar surface area (TPSA) is 41.5 Å². The molecular weight excluding hydrogens is 274 g/mol. The van der Waals surface area contributed by atoms with E-state index in [1.165, 1.54) is 11.1 Å². The van der Waals surface area contributed by atoms with Crippen LogP contribution in [0.3, 0.4) is 0 Å². The minimum atomic E-state index is -0.531. The predicted octanol–water partition coefficient (Wildman–Crippen LogP) is 3.34. The Bertz CT molecular complexity index is 539. The summed E-state index contributed by atoms with van der Waals surface area (Å²) in [6.07, 6.45) is 0.488. The van der Waals surface area contributed by atoms with E-state index in [0.717, 1.165) is 12.2 Å². The maximum Gasteiger partial charge on any atom is 0.119 e. The lowest BCUT2D eigenvalue weighted by molar-refractivity contribution is 0.104. The standard InChI is InChI=1S/C19H25NO2/c1-3-16-9-11-19(12-10-16)22-14-18(21)13-20-15(2)17-7-5-4-6-8-17/h4-12,15,18,20-21H,3,13-14H2,1-2H3/t15-,18+/m0/s1. The fourth-order valence-electron chi connectivity index (χ4n) is 2.25. The smallest absolute Gasteiger partial charge is 0.119 e. The summed E-state index contributed by atoms with van der Waals surface area (Å²) < 4.78 is 5.62. The molecule has 2 aromatic carbocycles. The number of rotatable bonds is 8. The quantitative estimate of drug-likeness (QED) is 0.785. The van der Waals surface area contributed by atoms with Gasteiger partial charge in [0.25, 0.3) is 0 Å². The minimum absolute atomic E-state index is 0.208. The van der Waals surface area contributed by atoms with E-state index in [9.17, 15) is 5.11 Å². The highest BCUT2D eigenvalue weighted by atomic mass is 16.5. The maximum atomic E-state index is 10.0. The van der Waals surface area contributed by atoms with Crippen LogP contribution in [0.2, 0.25) is 0 Å². The Kier molecular flexibility index (Phi) is 6.44. The molecule has 0 heterocycles. The van der Waals surface area contributed by atoms with E-state index in [-0.39, 0.29) is 6.04 Å². The number of aryl methyl sites for hydroxylation is 1. The number of aliphatic hydroxyl groups excluding tert-OH is 1. The number of aliphatic hydroxyl groups is 1. The highest BCUT2D eigenvalue weighted by molar-refractivity contribution is 5.27. The third-order valence-electron chi connectivity index (χ3n) is 3.73. The largest absolute Gasteiger partial charge is 0.491 e. The third kappa shape index (κ3) is 5.17. The molecule has 0 radical (unpaired) electrons. The van der Waals surface area contributed by atoms with E-state index >= 15 is 0 Å². The average molecular weight is 299 g/mol. The fraction of sp³-hybridized carbons (Fsp3) is 0.368. The van der Waals surface area contributed by atoms with Gasteiger partial charge < -0.3 is 15.2 Å². The third-order valence-corrected chi connectivity index (χ3v) is 3.73. The van der Waals surface area contributed by atoms with Gasteiger partial charge >= 0.3 is 0 Å². The number of hydrogen-bond acceptors (Lipinski definition) is 3. The van der Waals surface area contributed by atoms with Crippen molar-refractivity contribution in [3.63, 3.8) is 0 Å². The van der Waals surface area contributed by atoms with Gasteiger partial charge in [-0.15, -0.1) is 0 Å². The van der Waals surface area contributed by atoms with Crippen LogP contribution in [-0.4, -0.2) is 24.4 Å². The van der Waals surface area contributed by atoms with Gasteiger partial charge in [-0.05, 0) is 36.6 Å². The normalized spacial score (nSPS) is 13.6. The first kappa shape index (κ1) is 16.5. The van der Waals surface area contributed by atoms with Crippen LogP contribution in [0.25, 0.3) is 0 Å². The SMILES string of the molecule is CCc1ccc(OC[C@H](O)CN[C@@H](C)c2ccccc2)cc1. The second-order valence-corrected chi connectivity index (χ2v) is 5.50. The van der Waals surface area contributed by atoms with E-state index in [2.05, 4.69) is 43.4 Å². The van der Waals surface area contributed by atoms with Crippen molar-refractivity contribution in [2.45, 2.75) is 32.4 Å². The van der Waals surface area contributed by atoms with Crippen molar-refractivity contribution in [1.29, 1.82) is 0 Å². The number of ether oxygens (including phenoxy) is 1. The van der Waals surface area contributed by atoms with Crippen LogP contribution in [0.5, 0.6) is 5.75 Å². The lowest BCUT2D eigenvalue weighted by atomic mass is 10.1. The highest BCUT2D eigenvalue weighted by Crippen LogP contribution is 2.13. The molecule has 0 saturated heterocycles. The predicted molar refractivity (Wildman–Crippen MR) is 90.2 cm³/mol.